The smallest absolute Gasteiger partial charge is 0.257 e. The molecule has 0 atom stereocenters. The average molecular weight is 381 g/mol. The van der Waals surface area contributed by atoms with Gasteiger partial charge in [-0.3, -0.25) is 9.48 Å². The van der Waals surface area contributed by atoms with E-state index in [0.29, 0.717) is 30.4 Å². The number of aromatic nitrogens is 6. The van der Waals surface area contributed by atoms with Crippen LogP contribution >= 0.6 is 0 Å². The molecule has 1 aliphatic rings. The number of piperidine rings is 1. The fraction of sp³-hybridized carbons (Fsp3) is 0.421. The second-order valence-corrected chi connectivity index (χ2v) is 6.96. The first-order valence-corrected chi connectivity index (χ1v) is 9.33. The standard InChI is InChI=1S/C19H23N7O2/c1-13-18(14(2)24(3)23-13)19(27)25-11-7-15(8-12-25)28-17-6-5-16(21-22-17)26-10-4-9-20-26/h4-6,9-10,15H,7-8,11-12H2,1-3H3. The van der Waals surface area contributed by atoms with E-state index in [1.807, 2.05) is 44.1 Å². The van der Waals surface area contributed by atoms with E-state index in [4.69, 9.17) is 4.74 Å². The lowest BCUT2D eigenvalue weighted by atomic mass is 10.1. The molecular weight excluding hydrogens is 358 g/mol. The molecule has 28 heavy (non-hydrogen) atoms. The average Bonchev–Trinajstić information content (AvgIpc) is 3.31. The first kappa shape index (κ1) is 18.1. The molecule has 1 amide bonds. The Morgan fingerprint density at radius 1 is 1.18 bits per heavy atom. The molecule has 9 nitrogen and oxygen atoms in total. The maximum absolute atomic E-state index is 12.9. The van der Waals surface area contributed by atoms with Gasteiger partial charge in [0.05, 0.1) is 11.3 Å². The number of amides is 1. The fourth-order valence-electron chi connectivity index (χ4n) is 3.49. The van der Waals surface area contributed by atoms with E-state index in [-0.39, 0.29) is 12.0 Å². The minimum absolute atomic E-state index is 0.0185. The summed E-state index contributed by atoms with van der Waals surface area (Å²) in [7, 11) is 1.86. The molecule has 0 radical (unpaired) electrons. The SMILES string of the molecule is Cc1nn(C)c(C)c1C(=O)N1CCC(Oc2ccc(-n3cccn3)nn2)CC1. The molecule has 0 bridgehead atoms. The van der Waals surface area contributed by atoms with Gasteiger partial charge in [0.2, 0.25) is 5.88 Å². The second-order valence-electron chi connectivity index (χ2n) is 6.96. The van der Waals surface area contributed by atoms with Crippen LogP contribution in [0, 0.1) is 13.8 Å². The number of carbonyl (C=O) groups is 1. The summed E-state index contributed by atoms with van der Waals surface area (Å²) in [5, 5.41) is 16.7. The van der Waals surface area contributed by atoms with E-state index < -0.39 is 0 Å². The third-order valence-electron chi connectivity index (χ3n) is 5.10. The van der Waals surface area contributed by atoms with Gasteiger partial charge in [-0.1, -0.05) is 0 Å². The summed E-state index contributed by atoms with van der Waals surface area (Å²) in [4.78, 5) is 14.7. The van der Waals surface area contributed by atoms with Gasteiger partial charge < -0.3 is 9.64 Å². The molecular formula is C19H23N7O2. The Morgan fingerprint density at radius 3 is 2.54 bits per heavy atom. The lowest BCUT2D eigenvalue weighted by molar-refractivity contribution is 0.0584. The fourth-order valence-corrected chi connectivity index (χ4v) is 3.49. The zero-order chi connectivity index (χ0) is 19.7. The van der Waals surface area contributed by atoms with Crippen LogP contribution in [0.15, 0.2) is 30.6 Å². The van der Waals surface area contributed by atoms with Crippen LogP contribution in [0.1, 0.15) is 34.6 Å². The Balaban J connectivity index is 1.35. The summed E-state index contributed by atoms with van der Waals surface area (Å²) < 4.78 is 9.35. The quantitative estimate of drug-likeness (QED) is 0.683. The Labute approximate surface area is 162 Å². The number of carbonyl (C=O) groups excluding carboxylic acids is 1. The Morgan fingerprint density at radius 2 is 1.96 bits per heavy atom. The molecule has 9 heteroatoms. The Bertz CT molecular complexity index is 955. The van der Waals surface area contributed by atoms with Crippen molar-refractivity contribution in [3.05, 3.63) is 47.5 Å². The highest BCUT2D eigenvalue weighted by atomic mass is 16.5. The van der Waals surface area contributed by atoms with Crippen molar-refractivity contribution < 1.29 is 9.53 Å². The van der Waals surface area contributed by atoms with Crippen LogP contribution in [0.25, 0.3) is 5.82 Å². The van der Waals surface area contributed by atoms with Crippen molar-refractivity contribution in [1.29, 1.82) is 0 Å². The predicted octanol–water partition coefficient (Wildman–Crippen LogP) is 1.70. The molecule has 0 unspecified atom stereocenters. The van der Waals surface area contributed by atoms with Gasteiger partial charge in [-0.2, -0.15) is 10.2 Å². The number of ether oxygens (including phenoxy) is 1. The molecule has 4 heterocycles. The van der Waals surface area contributed by atoms with Gasteiger partial charge in [-0.05, 0) is 26.0 Å². The number of aryl methyl sites for hydroxylation is 2. The van der Waals surface area contributed by atoms with Gasteiger partial charge in [0.1, 0.15) is 6.10 Å². The molecule has 4 rings (SSSR count). The molecule has 0 aliphatic carbocycles. The predicted molar refractivity (Wildman–Crippen MR) is 101 cm³/mol. The molecule has 0 aromatic carbocycles. The van der Waals surface area contributed by atoms with E-state index in [0.717, 1.165) is 24.2 Å². The highest BCUT2D eigenvalue weighted by molar-refractivity contribution is 5.96. The maximum Gasteiger partial charge on any atom is 0.257 e. The van der Waals surface area contributed by atoms with E-state index >= 15 is 0 Å². The van der Waals surface area contributed by atoms with E-state index in [1.54, 1.807) is 21.6 Å². The van der Waals surface area contributed by atoms with Gasteiger partial charge in [-0.15, -0.1) is 10.2 Å². The minimum Gasteiger partial charge on any atom is -0.473 e. The first-order chi connectivity index (χ1) is 13.5. The summed E-state index contributed by atoms with van der Waals surface area (Å²) in [5.41, 5.74) is 2.38. The van der Waals surface area contributed by atoms with Crippen LogP contribution in [0.4, 0.5) is 0 Å². The molecule has 1 saturated heterocycles. The molecule has 1 aliphatic heterocycles. The van der Waals surface area contributed by atoms with E-state index in [1.165, 1.54) is 0 Å². The molecule has 0 saturated carbocycles. The number of hydrogen-bond donors (Lipinski definition) is 0. The van der Waals surface area contributed by atoms with Crippen molar-refractivity contribution in [2.75, 3.05) is 13.1 Å². The largest absolute Gasteiger partial charge is 0.473 e. The normalized spacial score (nSPS) is 15.0. The zero-order valence-electron chi connectivity index (χ0n) is 16.2. The second kappa shape index (κ2) is 7.41. The molecule has 0 N–H and O–H groups in total. The highest BCUT2D eigenvalue weighted by Crippen LogP contribution is 2.21. The van der Waals surface area contributed by atoms with Crippen LogP contribution in [0.3, 0.4) is 0 Å². The summed E-state index contributed by atoms with van der Waals surface area (Å²) in [5.74, 6) is 1.17. The van der Waals surface area contributed by atoms with E-state index in [2.05, 4.69) is 20.4 Å². The van der Waals surface area contributed by atoms with E-state index in [9.17, 15) is 4.79 Å². The number of nitrogens with zero attached hydrogens (tertiary/aromatic N) is 7. The number of likely N-dealkylation sites (tertiary alicyclic amines) is 1. The zero-order valence-corrected chi connectivity index (χ0v) is 16.2. The van der Waals surface area contributed by atoms with Crippen molar-refractivity contribution >= 4 is 5.91 Å². The molecule has 146 valence electrons. The lowest BCUT2D eigenvalue weighted by Crippen LogP contribution is -2.42. The Hall–Kier alpha value is -3.23. The van der Waals surface area contributed by atoms with Crippen LogP contribution in [0.2, 0.25) is 0 Å². The van der Waals surface area contributed by atoms with Crippen LogP contribution < -0.4 is 4.74 Å². The van der Waals surface area contributed by atoms with Crippen molar-refractivity contribution in [1.82, 2.24) is 34.7 Å². The van der Waals surface area contributed by atoms with Crippen LogP contribution in [0.5, 0.6) is 5.88 Å². The van der Waals surface area contributed by atoms with Crippen molar-refractivity contribution in [3.8, 4) is 11.7 Å². The van der Waals surface area contributed by atoms with Crippen LogP contribution in [-0.2, 0) is 7.05 Å². The summed E-state index contributed by atoms with van der Waals surface area (Å²) in [6.07, 6.45) is 5.03. The highest BCUT2D eigenvalue weighted by Gasteiger charge is 2.28. The monoisotopic (exact) mass is 381 g/mol. The topological polar surface area (TPSA) is 91.0 Å². The summed E-state index contributed by atoms with van der Waals surface area (Å²) >= 11 is 0. The molecule has 3 aromatic rings. The van der Waals surface area contributed by atoms with Gasteiger partial charge in [0.25, 0.3) is 5.91 Å². The summed E-state index contributed by atoms with van der Waals surface area (Å²) in [6.45, 7) is 5.10. The summed E-state index contributed by atoms with van der Waals surface area (Å²) in [6, 6.07) is 5.45. The molecule has 0 spiro atoms. The van der Waals surface area contributed by atoms with Gasteiger partial charge in [0, 0.05) is 57.1 Å². The van der Waals surface area contributed by atoms with Crippen molar-refractivity contribution in [2.45, 2.75) is 32.8 Å². The van der Waals surface area contributed by atoms with Crippen molar-refractivity contribution in [3.63, 3.8) is 0 Å². The minimum atomic E-state index is 0.0185. The first-order valence-electron chi connectivity index (χ1n) is 9.33. The van der Waals surface area contributed by atoms with Gasteiger partial charge in [-0.25, -0.2) is 4.68 Å². The Kier molecular flexibility index (Phi) is 4.81. The number of rotatable bonds is 4. The third-order valence-corrected chi connectivity index (χ3v) is 5.10. The lowest BCUT2D eigenvalue weighted by Gasteiger charge is -2.32. The van der Waals surface area contributed by atoms with Crippen LogP contribution in [-0.4, -0.2) is 59.8 Å². The number of hydrogen-bond acceptors (Lipinski definition) is 6. The molecule has 3 aromatic heterocycles. The van der Waals surface area contributed by atoms with Crippen molar-refractivity contribution in [2.24, 2.45) is 7.05 Å². The third kappa shape index (κ3) is 3.47. The van der Waals surface area contributed by atoms with Gasteiger partial charge in [0.15, 0.2) is 5.82 Å². The maximum atomic E-state index is 12.9. The van der Waals surface area contributed by atoms with Gasteiger partial charge >= 0.3 is 0 Å². The molecule has 1 fully saturated rings.